The molecule has 0 heterocycles. The maximum Gasteiger partial charge on any atom is 0.228 e. The number of rotatable bonds is 5. The number of carbonyl (C=O) groups excluding carboxylic acids is 2. The first-order valence-electron chi connectivity index (χ1n) is 7.11. The van der Waals surface area contributed by atoms with Crippen molar-refractivity contribution in [2.24, 2.45) is 0 Å². The van der Waals surface area contributed by atoms with Crippen molar-refractivity contribution in [2.45, 2.75) is 19.8 Å². The van der Waals surface area contributed by atoms with Crippen LogP contribution in [0.25, 0.3) is 0 Å². The summed E-state index contributed by atoms with van der Waals surface area (Å²) in [6.07, 6.45) is 0.574. The number of hydrogen-bond acceptors (Lipinski definition) is 2. The van der Waals surface area contributed by atoms with Gasteiger partial charge in [0, 0.05) is 27.8 Å². The number of hydrogen-bond donors (Lipinski definition) is 2. The van der Waals surface area contributed by atoms with Crippen LogP contribution < -0.4 is 10.6 Å². The number of carbonyl (C=O) groups is 2. The molecule has 2 N–H and O–H groups in total. The molecule has 0 unspecified atom stereocenters. The molecule has 2 amide bonds. The van der Waals surface area contributed by atoms with Crippen LogP contribution in [-0.4, -0.2) is 11.8 Å². The highest BCUT2D eigenvalue weighted by Crippen LogP contribution is 2.22. The molecule has 23 heavy (non-hydrogen) atoms. The van der Waals surface area contributed by atoms with Crippen LogP contribution in [0.3, 0.4) is 0 Å². The van der Waals surface area contributed by atoms with Crippen LogP contribution in [0.4, 0.5) is 11.4 Å². The molecule has 120 valence electrons. The van der Waals surface area contributed by atoms with Crippen molar-refractivity contribution in [1.29, 1.82) is 0 Å². The van der Waals surface area contributed by atoms with Gasteiger partial charge in [-0.05, 0) is 42.0 Å². The van der Waals surface area contributed by atoms with Gasteiger partial charge in [-0.1, -0.05) is 36.2 Å². The average Bonchev–Trinajstić information content (AvgIpc) is 2.52. The van der Waals surface area contributed by atoms with Crippen molar-refractivity contribution >= 4 is 46.4 Å². The van der Waals surface area contributed by atoms with Gasteiger partial charge < -0.3 is 10.6 Å². The number of nitrogens with one attached hydrogen (secondary N) is 2. The fourth-order valence-electron chi connectivity index (χ4n) is 1.93. The topological polar surface area (TPSA) is 58.2 Å². The molecule has 0 fully saturated rings. The zero-order chi connectivity index (χ0) is 16.8. The molecular weight excluding hydrogens is 335 g/mol. The van der Waals surface area contributed by atoms with Gasteiger partial charge in [0.2, 0.25) is 11.8 Å². The normalized spacial score (nSPS) is 10.2. The zero-order valence-corrected chi connectivity index (χ0v) is 14.0. The van der Waals surface area contributed by atoms with E-state index in [-0.39, 0.29) is 18.2 Å². The Hall–Kier alpha value is -2.04. The maximum absolute atomic E-state index is 12.1. The Morgan fingerprint density at radius 1 is 0.913 bits per heavy atom. The summed E-state index contributed by atoms with van der Waals surface area (Å²) in [5, 5.41) is 6.52. The summed E-state index contributed by atoms with van der Waals surface area (Å²) in [4.78, 5) is 23.4. The largest absolute Gasteiger partial charge is 0.326 e. The number of benzene rings is 2. The lowest BCUT2D eigenvalue weighted by molar-refractivity contribution is -0.116. The van der Waals surface area contributed by atoms with E-state index in [2.05, 4.69) is 10.6 Å². The van der Waals surface area contributed by atoms with Gasteiger partial charge in [0.1, 0.15) is 0 Å². The second kappa shape index (κ2) is 7.99. The Morgan fingerprint density at radius 2 is 1.48 bits per heavy atom. The second-order valence-corrected chi connectivity index (χ2v) is 5.78. The molecule has 6 heteroatoms. The smallest absolute Gasteiger partial charge is 0.228 e. The lowest BCUT2D eigenvalue weighted by Crippen LogP contribution is -2.15. The summed E-state index contributed by atoms with van der Waals surface area (Å²) in [6.45, 7) is 1.78. The van der Waals surface area contributed by atoms with E-state index in [4.69, 9.17) is 23.2 Å². The first kappa shape index (κ1) is 17.3. The minimum absolute atomic E-state index is 0.0563. The van der Waals surface area contributed by atoms with Gasteiger partial charge in [-0.3, -0.25) is 9.59 Å². The van der Waals surface area contributed by atoms with E-state index >= 15 is 0 Å². The third kappa shape index (κ3) is 5.27. The fourth-order valence-corrected chi connectivity index (χ4v) is 2.40. The second-order valence-electron chi connectivity index (χ2n) is 4.94. The van der Waals surface area contributed by atoms with E-state index in [0.717, 1.165) is 0 Å². The van der Waals surface area contributed by atoms with Crippen LogP contribution in [0.5, 0.6) is 0 Å². The standard InChI is InChI=1S/C17H16Cl2N2O2/c1-2-16(22)20-13-5-7-14(8-6-13)21-17(23)9-11-3-4-12(18)10-15(11)19/h3-8,10H,2,9H2,1H3,(H,20,22)(H,21,23). The third-order valence-corrected chi connectivity index (χ3v) is 3.73. The van der Waals surface area contributed by atoms with Crippen molar-refractivity contribution in [1.82, 2.24) is 0 Å². The molecule has 0 saturated heterocycles. The van der Waals surface area contributed by atoms with Crippen LogP contribution in [0, 0.1) is 0 Å². The Kier molecular flexibility index (Phi) is 6.02. The Bertz CT molecular complexity index is 715. The van der Waals surface area contributed by atoms with Crippen LogP contribution >= 0.6 is 23.2 Å². The van der Waals surface area contributed by atoms with E-state index < -0.39 is 0 Å². The molecule has 0 aromatic heterocycles. The van der Waals surface area contributed by atoms with Gasteiger partial charge >= 0.3 is 0 Å². The molecule has 0 aliphatic heterocycles. The lowest BCUT2D eigenvalue weighted by atomic mass is 10.1. The maximum atomic E-state index is 12.1. The minimum Gasteiger partial charge on any atom is -0.326 e. The van der Waals surface area contributed by atoms with Crippen molar-refractivity contribution in [2.75, 3.05) is 10.6 Å². The van der Waals surface area contributed by atoms with Gasteiger partial charge in [-0.15, -0.1) is 0 Å². The molecule has 4 nitrogen and oxygen atoms in total. The number of amides is 2. The molecule has 0 aliphatic rings. The van der Waals surface area contributed by atoms with E-state index in [9.17, 15) is 9.59 Å². The molecule has 0 radical (unpaired) electrons. The quantitative estimate of drug-likeness (QED) is 0.832. The Balaban J connectivity index is 1.96. The molecule has 0 saturated carbocycles. The van der Waals surface area contributed by atoms with Crippen molar-refractivity contribution < 1.29 is 9.59 Å². The molecule has 2 aromatic rings. The monoisotopic (exact) mass is 350 g/mol. The van der Waals surface area contributed by atoms with Crippen molar-refractivity contribution in [3.05, 3.63) is 58.1 Å². The van der Waals surface area contributed by atoms with Gasteiger partial charge in [-0.25, -0.2) is 0 Å². The van der Waals surface area contributed by atoms with Crippen molar-refractivity contribution in [3.63, 3.8) is 0 Å². The van der Waals surface area contributed by atoms with Gasteiger partial charge in [0.05, 0.1) is 6.42 Å². The molecular formula is C17H16Cl2N2O2. The predicted octanol–water partition coefficient (Wildman–Crippen LogP) is 4.52. The van der Waals surface area contributed by atoms with Crippen LogP contribution in [0.1, 0.15) is 18.9 Å². The summed E-state index contributed by atoms with van der Waals surface area (Å²) in [7, 11) is 0. The van der Waals surface area contributed by atoms with Gasteiger partial charge in [0.25, 0.3) is 0 Å². The van der Waals surface area contributed by atoms with Gasteiger partial charge in [0.15, 0.2) is 0 Å². The lowest BCUT2D eigenvalue weighted by Gasteiger charge is -2.08. The van der Waals surface area contributed by atoms with Crippen LogP contribution in [-0.2, 0) is 16.0 Å². The van der Waals surface area contributed by atoms with Gasteiger partial charge in [-0.2, -0.15) is 0 Å². The third-order valence-electron chi connectivity index (χ3n) is 3.14. The molecule has 0 aliphatic carbocycles. The van der Waals surface area contributed by atoms with E-state index in [1.807, 2.05) is 0 Å². The Morgan fingerprint density at radius 3 is 2.00 bits per heavy atom. The number of anilines is 2. The minimum atomic E-state index is -0.181. The first-order chi connectivity index (χ1) is 11.0. The summed E-state index contributed by atoms with van der Waals surface area (Å²) in [5.41, 5.74) is 2.05. The van der Waals surface area contributed by atoms with E-state index in [1.165, 1.54) is 0 Å². The summed E-state index contributed by atoms with van der Waals surface area (Å²) >= 11 is 11.9. The van der Waals surface area contributed by atoms with E-state index in [1.54, 1.807) is 49.4 Å². The van der Waals surface area contributed by atoms with E-state index in [0.29, 0.717) is 33.4 Å². The number of halogens is 2. The van der Waals surface area contributed by atoms with Crippen molar-refractivity contribution in [3.8, 4) is 0 Å². The Labute approximate surface area is 144 Å². The predicted molar refractivity (Wildman–Crippen MR) is 94.2 cm³/mol. The first-order valence-corrected chi connectivity index (χ1v) is 7.87. The molecule has 2 rings (SSSR count). The average molecular weight is 351 g/mol. The summed E-state index contributed by atoms with van der Waals surface area (Å²) in [5.74, 6) is -0.237. The summed E-state index contributed by atoms with van der Waals surface area (Å²) in [6, 6.07) is 12.0. The highest BCUT2D eigenvalue weighted by molar-refractivity contribution is 6.35. The highest BCUT2D eigenvalue weighted by Gasteiger charge is 2.08. The van der Waals surface area contributed by atoms with Crippen LogP contribution in [0.15, 0.2) is 42.5 Å². The SMILES string of the molecule is CCC(=O)Nc1ccc(NC(=O)Cc2ccc(Cl)cc2Cl)cc1. The molecule has 2 aromatic carbocycles. The highest BCUT2D eigenvalue weighted by atomic mass is 35.5. The molecule has 0 bridgehead atoms. The molecule has 0 atom stereocenters. The zero-order valence-electron chi connectivity index (χ0n) is 12.5. The molecule has 0 spiro atoms. The fraction of sp³-hybridized carbons (Fsp3) is 0.176. The summed E-state index contributed by atoms with van der Waals surface area (Å²) < 4.78 is 0. The van der Waals surface area contributed by atoms with Crippen LogP contribution in [0.2, 0.25) is 10.0 Å².